The molecule has 0 amide bonds. The van der Waals surface area contributed by atoms with Crippen LogP contribution in [0.1, 0.15) is 5.69 Å². The Morgan fingerprint density at radius 2 is 0.754 bits per heavy atom. The molecule has 0 saturated carbocycles. The van der Waals surface area contributed by atoms with Crippen molar-refractivity contribution in [3.05, 3.63) is 200 Å². The number of hydrogen-bond donors (Lipinski definition) is 0. The van der Waals surface area contributed by atoms with Gasteiger partial charge in [-0.3, -0.25) is 4.98 Å². The van der Waals surface area contributed by atoms with Gasteiger partial charge in [-0.25, -0.2) is 19.9 Å². The maximum absolute atomic E-state index is 5.13. The lowest BCUT2D eigenvalue weighted by Crippen LogP contribution is -2.00. The molecule has 0 atom stereocenters. The van der Waals surface area contributed by atoms with Gasteiger partial charge in [0.2, 0.25) is 0 Å². The molecule has 0 aliphatic rings. The van der Waals surface area contributed by atoms with Crippen LogP contribution in [0.25, 0.3) is 101 Å². The summed E-state index contributed by atoms with van der Waals surface area (Å²) < 4.78 is 0. The molecule has 5 heteroatoms. The number of pyridine rings is 2. The van der Waals surface area contributed by atoms with Gasteiger partial charge in [0.25, 0.3) is 0 Å². The molecule has 3 aromatic heterocycles. The van der Waals surface area contributed by atoms with Crippen molar-refractivity contribution in [3.8, 4) is 78.8 Å². The highest BCUT2D eigenvalue weighted by molar-refractivity contribution is 6.09. The molecular weight excluding hydrogens is 695 g/mol. The molecular formula is C52H35N5. The van der Waals surface area contributed by atoms with Crippen molar-refractivity contribution in [1.82, 2.24) is 24.9 Å². The zero-order valence-electron chi connectivity index (χ0n) is 31.2. The van der Waals surface area contributed by atoms with Crippen LogP contribution >= 0.6 is 0 Å². The molecule has 3 heterocycles. The first-order valence-electron chi connectivity index (χ1n) is 19.1. The van der Waals surface area contributed by atoms with Crippen molar-refractivity contribution in [2.75, 3.05) is 0 Å². The van der Waals surface area contributed by atoms with E-state index in [1.165, 1.54) is 5.56 Å². The van der Waals surface area contributed by atoms with E-state index in [0.29, 0.717) is 17.5 Å². The Kier molecular flexibility index (Phi) is 8.65. The van der Waals surface area contributed by atoms with Gasteiger partial charge < -0.3 is 0 Å². The summed E-state index contributed by atoms with van der Waals surface area (Å²) in [6, 6.07) is 67.1. The van der Waals surface area contributed by atoms with Gasteiger partial charge in [-0.1, -0.05) is 176 Å². The second kappa shape index (κ2) is 14.5. The van der Waals surface area contributed by atoms with Gasteiger partial charge in [0.15, 0.2) is 17.5 Å². The van der Waals surface area contributed by atoms with Crippen molar-refractivity contribution in [1.29, 1.82) is 0 Å². The Balaban J connectivity index is 1.00. The lowest BCUT2D eigenvalue weighted by atomic mass is 9.95. The largest absolute Gasteiger partial charge is 0.251 e. The lowest BCUT2D eigenvalue weighted by Gasteiger charge is -2.13. The average Bonchev–Trinajstić information content (AvgIpc) is 3.29. The molecule has 7 aromatic carbocycles. The maximum Gasteiger partial charge on any atom is 0.164 e. The van der Waals surface area contributed by atoms with Crippen molar-refractivity contribution < 1.29 is 0 Å². The van der Waals surface area contributed by atoms with Gasteiger partial charge in [-0.05, 0) is 58.5 Å². The Morgan fingerprint density at radius 1 is 0.298 bits per heavy atom. The molecule has 0 spiro atoms. The molecule has 5 nitrogen and oxygen atoms in total. The summed E-state index contributed by atoms with van der Waals surface area (Å²) in [7, 11) is 0. The van der Waals surface area contributed by atoms with Gasteiger partial charge in [0.1, 0.15) is 0 Å². The van der Waals surface area contributed by atoms with Gasteiger partial charge in [-0.15, -0.1) is 0 Å². The maximum atomic E-state index is 5.13. The Bertz CT molecular complexity index is 3040. The van der Waals surface area contributed by atoms with E-state index in [2.05, 4.69) is 146 Å². The summed E-state index contributed by atoms with van der Waals surface area (Å²) in [5.74, 6) is 1.90. The highest BCUT2D eigenvalue weighted by Crippen LogP contribution is 2.36. The van der Waals surface area contributed by atoms with Gasteiger partial charge in [0.05, 0.1) is 16.7 Å². The molecule has 57 heavy (non-hydrogen) atoms. The quantitative estimate of drug-likeness (QED) is 0.153. The third-order valence-corrected chi connectivity index (χ3v) is 10.4. The van der Waals surface area contributed by atoms with Crippen LogP contribution in [0, 0.1) is 6.92 Å². The standard InChI is InChI=1S/C52H35N5/c1-34-32-46(45-30-28-39-29-31-47(38-14-7-3-8-15-38)54-48(39)49(45)53-34)44-19-11-18-43(33-44)37-22-26-42(27-23-37)52-56-50(40-16-9-4-10-17-40)55-51(57-52)41-24-20-36(21-25-41)35-12-5-2-6-13-35/h2-33H,1H3. The third kappa shape index (κ3) is 6.72. The molecule has 0 N–H and O–H groups in total. The Labute approximate surface area is 331 Å². The second-order valence-corrected chi connectivity index (χ2v) is 14.2. The predicted octanol–water partition coefficient (Wildman–Crippen LogP) is 12.9. The normalized spacial score (nSPS) is 11.2. The highest BCUT2D eigenvalue weighted by atomic mass is 15.0. The van der Waals surface area contributed by atoms with E-state index in [1.54, 1.807) is 0 Å². The first kappa shape index (κ1) is 33.9. The summed E-state index contributed by atoms with van der Waals surface area (Å²) in [5.41, 5.74) is 14.4. The van der Waals surface area contributed by atoms with Crippen molar-refractivity contribution in [2.24, 2.45) is 0 Å². The number of fused-ring (bicyclic) bond motifs is 3. The van der Waals surface area contributed by atoms with Gasteiger partial charge >= 0.3 is 0 Å². The molecule has 0 radical (unpaired) electrons. The predicted molar refractivity (Wildman–Crippen MR) is 233 cm³/mol. The van der Waals surface area contributed by atoms with Crippen LogP contribution in [-0.4, -0.2) is 24.9 Å². The molecule has 0 aliphatic carbocycles. The van der Waals surface area contributed by atoms with E-state index in [0.717, 1.165) is 83.3 Å². The molecule has 0 unspecified atom stereocenters. The van der Waals surface area contributed by atoms with Crippen molar-refractivity contribution in [3.63, 3.8) is 0 Å². The molecule has 0 fully saturated rings. The van der Waals surface area contributed by atoms with Gasteiger partial charge in [0, 0.05) is 38.7 Å². The summed E-state index contributed by atoms with van der Waals surface area (Å²) >= 11 is 0. The highest BCUT2D eigenvalue weighted by Gasteiger charge is 2.15. The van der Waals surface area contributed by atoms with Crippen LogP contribution in [0.15, 0.2) is 194 Å². The fourth-order valence-corrected chi connectivity index (χ4v) is 7.48. The Morgan fingerprint density at radius 3 is 1.37 bits per heavy atom. The van der Waals surface area contributed by atoms with Crippen LogP contribution in [0.5, 0.6) is 0 Å². The van der Waals surface area contributed by atoms with Crippen molar-refractivity contribution >= 4 is 21.8 Å². The summed E-state index contributed by atoms with van der Waals surface area (Å²) in [6.45, 7) is 2.06. The van der Waals surface area contributed by atoms with Gasteiger partial charge in [-0.2, -0.15) is 0 Å². The zero-order chi connectivity index (χ0) is 38.1. The number of nitrogens with zero attached hydrogens (tertiary/aromatic N) is 5. The second-order valence-electron chi connectivity index (χ2n) is 14.2. The smallest absolute Gasteiger partial charge is 0.164 e. The number of rotatable bonds is 7. The lowest BCUT2D eigenvalue weighted by molar-refractivity contribution is 1.07. The van der Waals surface area contributed by atoms with Crippen LogP contribution in [0.4, 0.5) is 0 Å². The molecule has 10 aromatic rings. The molecule has 10 rings (SSSR count). The fraction of sp³-hybridized carbons (Fsp3) is 0.0192. The van der Waals surface area contributed by atoms with E-state index in [9.17, 15) is 0 Å². The molecule has 0 bridgehead atoms. The van der Waals surface area contributed by atoms with Crippen LogP contribution in [-0.2, 0) is 0 Å². The average molecular weight is 730 g/mol. The topological polar surface area (TPSA) is 64.5 Å². The van der Waals surface area contributed by atoms with Crippen LogP contribution in [0.3, 0.4) is 0 Å². The van der Waals surface area contributed by atoms with Crippen LogP contribution in [0.2, 0.25) is 0 Å². The first-order valence-corrected chi connectivity index (χ1v) is 19.1. The molecule has 0 saturated heterocycles. The minimum atomic E-state index is 0.626. The van der Waals surface area contributed by atoms with E-state index >= 15 is 0 Å². The first-order chi connectivity index (χ1) is 28.1. The van der Waals surface area contributed by atoms with E-state index in [4.69, 9.17) is 24.9 Å². The Hall–Kier alpha value is -7.63. The van der Waals surface area contributed by atoms with Crippen molar-refractivity contribution in [2.45, 2.75) is 6.92 Å². The summed E-state index contributed by atoms with van der Waals surface area (Å²) in [5, 5.41) is 2.15. The molecule has 0 aliphatic heterocycles. The fourth-order valence-electron chi connectivity index (χ4n) is 7.48. The monoisotopic (exact) mass is 729 g/mol. The third-order valence-electron chi connectivity index (χ3n) is 10.4. The minimum absolute atomic E-state index is 0.626. The number of hydrogen-bond acceptors (Lipinski definition) is 5. The van der Waals surface area contributed by atoms with E-state index < -0.39 is 0 Å². The van der Waals surface area contributed by atoms with E-state index in [-0.39, 0.29) is 0 Å². The number of benzene rings is 7. The zero-order valence-corrected chi connectivity index (χ0v) is 31.2. The number of aryl methyl sites for hydroxylation is 1. The van der Waals surface area contributed by atoms with Crippen LogP contribution < -0.4 is 0 Å². The SMILES string of the molecule is Cc1cc(-c2cccc(-c3ccc(-c4nc(-c5ccccc5)nc(-c5ccc(-c6ccccc6)cc5)n4)cc3)c2)c2ccc3ccc(-c4ccccc4)nc3c2n1. The summed E-state index contributed by atoms with van der Waals surface area (Å²) in [6.07, 6.45) is 0. The summed E-state index contributed by atoms with van der Waals surface area (Å²) in [4.78, 5) is 25.1. The molecule has 268 valence electrons. The minimum Gasteiger partial charge on any atom is -0.251 e. The number of aromatic nitrogens is 5. The van der Waals surface area contributed by atoms with E-state index in [1.807, 2.05) is 54.6 Å².